The number of hydrogen-bond acceptors (Lipinski definition) is 7. The van der Waals surface area contributed by atoms with E-state index in [1.165, 1.54) is 0 Å². The average molecular weight is 422 g/mol. The van der Waals surface area contributed by atoms with E-state index >= 15 is 0 Å². The minimum absolute atomic E-state index is 0.181. The molecule has 0 amide bonds. The van der Waals surface area contributed by atoms with E-state index in [-0.39, 0.29) is 5.75 Å². The Morgan fingerprint density at radius 3 is 2.29 bits per heavy atom. The maximum Gasteiger partial charge on any atom is 0.186 e. The first-order chi connectivity index (χ1) is 15.2. The van der Waals surface area contributed by atoms with E-state index in [9.17, 15) is 5.11 Å². The van der Waals surface area contributed by atoms with Crippen LogP contribution < -0.4 is 4.90 Å². The molecule has 164 valence electrons. The first kappa shape index (κ1) is 20.2. The summed E-state index contributed by atoms with van der Waals surface area (Å²) in [6.45, 7) is 11.4. The molecule has 4 heterocycles. The molecule has 0 spiro atoms. The summed E-state index contributed by atoms with van der Waals surface area (Å²) in [5.74, 6) is 1.02. The summed E-state index contributed by atoms with van der Waals surface area (Å²) < 4.78 is 1.94. The Bertz CT molecular complexity index is 1020. The molecule has 0 aliphatic carbocycles. The van der Waals surface area contributed by atoms with Crippen LogP contribution in [0.5, 0.6) is 5.75 Å². The molecule has 3 aromatic rings. The van der Waals surface area contributed by atoms with Gasteiger partial charge in [-0.25, -0.2) is 4.68 Å². The lowest BCUT2D eigenvalue weighted by molar-refractivity contribution is 0.133. The molecule has 1 aromatic carbocycles. The van der Waals surface area contributed by atoms with Crippen molar-refractivity contribution in [3.63, 3.8) is 0 Å². The highest BCUT2D eigenvalue weighted by Gasteiger charge is 2.26. The van der Waals surface area contributed by atoms with Gasteiger partial charge in [-0.05, 0) is 19.4 Å². The molecule has 8 heteroatoms. The first-order valence-corrected chi connectivity index (χ1v) is 11.5. The lowest BCUT2D eigenvalue weighted by Gasteiger charge is -2.33. The van der Waals surface area contributed by atoms with Crippen LogP contribution >= 0.6 is 0 Å². The zero-order valence-corrected chi connectivity index (χ0v) is 18.2. The second kappa shape index (κ2) is 8.80. The minimum Gasteiger partial charge on any atom is -0.505 e. The number of nitrogens with zero attached hydrogens (tertiary/aromatic N) is 7. The van der Waals surface area contributed by atoms with Crippen molar-refractivity contribution in [1.82, 2.24) is 29.8 Å². The molecule has 0 unspecified atom stereocenters. The van der Waals surface area contributed by atoms with Crippen molar-refractivity contribution in [2.75, 3.05) is 57.3 Å². The van der Waals surface area contributed by atoms with Crippen LogP contribution in [0.15, 0.2) is 30.3 Å². The fourth-order valence-electron chi connectivity index (χ4n) is 4.68. The summed E-state index contributed by atoms with van der Waals surface area (Å²) in [7, 11) is 0. The highest BCUT2D eigenvalue weighted by Crippen LogP contribution is 2.39. The quantitative estimate of drug-likeness (QED) is 0.655. The molecule has 5 rings (SSSR count). The van der Waals surface area contributed by atoms with Crippen molar-refractivity contribution in [1.29, 1.82) is 0 Å². The SMILES string of the molecule is CCN1CCN(CCn2nc(N3CCCC3)c3c(O)c(-c4ccccc4)nnc32)CC1. The van der Waals surface area contributed by atoms with E-state index in [0.717, 1.165) is 88.5 Å². The van der Waals surface area contributed by atoms with Crippen LogP contribution in [0.4, 0.5) is 5.82 Å². The third-order valence-electron chi connectivity index (χ3n) is 6.61. The number of aromatic nitrogens is 4. The van der Waals surface area contributed by atoms with Crippen molar-refractivity contribution in [2.24, 2.45) is 0 Å². The highest BCUT2D eigenvalue weighted by molar-refractivity contribution is 5.97. The standard InChI is InChI=1S/C23H31N7O/c1-2-27-12-14-28(15-13-27)16-17-30-22-19(23(26-30)29-10-6-7-11-29)21(31)20(24-25-22)18-8-4-3-5-9-18/h3-5,8-9H,2,6-7,10-17H2,1H3,(H,25,31). The van der Waals surface area contributed by atoms with Gasteiger partial charge in [0.25, 0.3) is 0 Å². The normalized spacial score (nSPS) is 18.3. The number of benzene rings is 1. The zero-order valence-electron chi connectivity index (χ0n) is 18.2. The number of aromatic hydroxyl groups is 1. The molecular weight excluding hydrogens is 390 g/mol. The maximum absolute atomic E-state index is 11.2. The Morgan fingerprint density at radius 1 is 0.871 bits per heavy atom. The van der Waals surface area contributed by atoms with Gasteiger partial charge in [0, 0.05) is 51.4 Å². The summed E-state index contributed by atoms with van der Waals surface area (Å²) >= 11 is 0. The van der Waals surface area contributed by atoms with Crippen LogP contribution in [0.1, 0.15) is 19.8 Å². The van der Waals surface area contributed by atoms with Crippen LogP contribution in [-0.2, 0) is 6.54 Å². The Balaban J connectivity index is 1.47. The summed E-state index contributed by atoms with van der Waals surface area (Å²) in [6.07, 6.45) is 2.31. The van der Waals surface area contributed by atoms with E-state index in [1.807, 2.05) is 35.0 Å². The molecule has 0 bridgehead atoms. The van der Waals surface area contributed by atoms with Crippen LogP contribution in [0.3, 0.4) is 0 Å². The number of piperazine rings is 1. The fraction of sp³-hybridized carbons (Fsp3) is 0.522. The van der Waals surface area contributed by atoms with Crippen LogP contribution in [-0.4, -0.2) is 87.2 Å². The van der Waals surface area contributed by atoms with E-state index in [0.29, 0.717) is 11.3 Å². The molecule has 0 radical (unpaired) electrons. The number of likely N-dealkylation sites (N-methyl/N-ethyl adjacent to an activating group) is 1. The molecule has 31 heavy (non-hydrogen) atoms. The van der Waals surface area contributed by atoms with Crippen molar-refractivity contribution in [2.45, 2.75) is 26.3 Å². The van der Waals surface area contributed by atoms with Crippen molar-refractivity contribution >= 4 is 16.9 Å². The molecule has 0 saturated carbocycles. The van der Waals surface area contributed by atoms with E-state index in [2.05, 4.69) is 31.8 Å². The van der Waals surface area contributed by atoms with Gasteiger partial charge in [-0.1, -0.05) is 37.3 Å². The van der Waals surface area contributed by atoms with E-state index in [4.69, 9.17) is 5.10 Å². The van der Waals surface area contributed by atoms with E-state index < -0.39 is 0 Å². The van der Waals surface area contributed by atoms with Gasteiger partial charge < -0.3 is 14.9 Å². The van der Waals surface area contributed by atoms with Gasteiger partial charge in [0.1, 0.15) is 11.1 Å². The third kappa shape index (κ3) is 3.97. The second-order valence-electron chi connectivity index (χ2n) is 8.48. The van der Waals surface area contributed by atoms with Crippen molar-refractivity contribution in [3.05, 3.63) is 30.3 Å². The van der Waals surface area contributed by atoms with Crippen LogP contribution in [0.2, 0.25) is 0 Å². The Labute approximate surface area is 183 Å². The first-order valence-electron chi connectivity index (χ1n) is 11.5. The lowest BCUT2D eigenvalue weighted by Crippen LogP contribution is -2.46. The summed E-state index contributed by atoms with van der Waals surface area (Å²) in [6, 6.07) is 9.75. The summed E-state index contributed by atoms with van der Waals surface area (Å²) in [4.78, 5) is 7.25. The lowest BCUT2D eigenvalue weighted by atomic mass is 10.1. The summed E-state index contributed by atoms with van der Waals surface area (Å²) in [5.41, 5.74) is 2.05. The summed E-state index contributed by atoms with van der Waals surface area (Å²) in [5, 5.41) is 25.8. The molecule has 0 atom stereocenters. The van der Waals surface area contributed by atoms with Gasteiger partial charge >= 0.3 is 0 Å². The zero-order chi connectivity index (χ0) is 21.2. The fourth-order valence-corrected chi connectivity index (χ4v) is 4.68. The topological polar surface area (TPSA) is 73.5 Å². The maximum atomic E-state index is 11.2. The highest BCUT2D eigenvalue weighted by atomic mass is 16.3. The minimum atomic E-state index is 0.181. The van der Waals surface area contributed by atoms with Gasteiger partial charge in [-0.3, -0.25) is 4.90 Å². The molecule has 2 fully saturated rings. The van der Waals surface area contributed by atoms with Crippen LogP contribution in [0, 0.1) is 0 Å². The predicted molar refractivity (Wildman–Crippen MR) is 122 cm³/mol. The molecule has 8 nitrogen and oxygen atoms in total. The second-order valence-corrected chi connectivity index (χ2v) is 8.48. The Kier molecular flexibility index (Phi) is 5.74. The van der Waals surface area contributed by atoms with Crippen molar-refractivity contribution < 1.29 is 5.11 Å². The molecule has 2 aromatic heterocycles. The number of rotatable bonds is 6. The average Bonchev–Trinajstić information content (AvgIpc) is 3.47. The predicted octanol–water partition coefficient (Wildman–Crippen LogP) is 2.44. The van der Waals surface area contributed by atoms with Gasteiger partial charge in [-0.15, -0.1) is 10.2 Å². The largest absolute Gasteiger partial charge is 0.505 e. The molecule has 2 aliphatic heterocycles. The van der Waals surface area contributed by atoms with Crippen LogP contribution in [0.25, 0.3) is 22.3 Å². The Morgan fingerprint density at radius 2 is 1.58 bits per heavy atom. The van der Waals surface area contributed by atoms with Gasteiger partial charge in [0.2, 0.25) is 0 Å². The monoisotopic (exact) mass is 421 g/mol. The number of hydrogen-bond donors (Lipinski definition) is 1. The smallest absolute Gasteiger partial charge is 0.186 e. The van der Waals surface area contributed by atoms with Crippen molar-refractivity contribution in [3.8, 4) is 17.0 Å². The molecular formula is C23H31N7O. The molecule has 1 N–H and O–H groups in total. The third-order valence-corrected chi connectivity index (χ3v) is 6.61. The number of anilines is 1. The van der Waals surface area contributed by atoms with Gasteiger partial charge in [0.05, 0.1) is 6.54 Å². The molecule has 2 saturated heterocycles. The van der Waals surface area contributed by atoms with E-state index in [1.54, 1.807) is 0 Å². The Hall–Kier alpha value is -2.71. The van der Waals surface area contributed by atoms with Gasteiger partial charge in [0.15, 0.2) is 17.2 Å². The molecule has 2 aliphatic rings. The number of fused-ring (bicyclic) bond motifs is 1. The van der Waals surface area contributed by atoms with Gasteiger partial charge in [-0.2, -0.15) is 5.10 Å².